The Balaban J connectivity index is 2.09. The largest absolute Gasteiger partial charge is 0.507 e. The lowest BCUT2D eigenvalue weighted by Gasteiger charge is -2.09. The average molecular weight is 295 g/mol. The highest BCUT2D eigenvalue weighted by atomic mass is 16.5. The van der Waals surface area contributed by atoms with Gasteiger partial charge in [-0.2, -0.15) is 15.4 Å². The second-order valence-corrected chi connectivity index (χ2v) is 4.85. The van der Waals surface area contributed by atoms with Crippen molar-refractivity contribution in [1.82, 2.24) is 15.4 Å². The van der Waals surface area contributed by atoms with E-state index >= 15 is 0 Å². The van der Waals surface area contributed by atoms with E-state index in [1.807, 2.05) is 18.2 Å². The summed E-state index contributed by atoms with van der Waals surface area (Å²) < 4.78 is 5.19. The summed E-state index contributed by atoms with van der Waals surface area (Å²) in [7, 11) is 0. The predicted molar refractivity (Wildman–Crippen MR) is 81.4 cm³/mol. The van der Waals surface area contributed by atoms with Crippen molar-refractivity contribution in [3.63, 3.8) is 0 Å². The highest BCUT2D eigenvalue weighted by Crippen LogP contribution is 2.35. The number of phenolic OH excluding ortho intramolecular Hbond substituents is 1. The molecule has 1 heterocycles. The molecule has 0 aliphatic rings. The molecule has 0 radical (unpaired) electrons. The monoisotopic (exact) mass is 295 g/mol. The van der Waals surface area contributed by atoms with E-state index in [0.717, 1.165) is 0 Å². The molecule has 0 saturated heterocycles. The smallest absolute Gasteiger partial charge is 0.338 e. The van der Waals surface area contributed by atoms with E-state index in [2.05, 4.69) is 22.0 Å². The molecule has 0 aliphatic heterocycles. The van der Waals surface area contributed by atoms with Gasteiger partial charge in [0.2, 0.25) is 0 Å². The van der Waals surface area contributed by atoms with E-state index in [1.165, 1.54) is 12.1 Å². The van der Waals surface area contributed by atoms with Gasteiger partial charge in [-0.3, -0.25) is 0 Å². The molecule has 0 spiro atoms. The molecule has 0 amide bonds. The molecule has 0 saturated carbocycles. The van der Waals surface area contributed by atoms with Gasteiger partial charge >= 0.3 is 5.97 Å². The number of H-pyrrole nitrogens is 1. The Bertz CT molecular complexity index is 883. The van der Waals surface area contributed by atoms with Gasteiger partial charge in [0.25, 0.3) is 0 Å². The predicted octanol–water partition coefficient (Wildman–Crippen LogP) is 2.81. The van der Waals surface area contributed by atoms with Crippen molar-refractivity contribution in [2.75, 3.05) is 0 Å². The highest BCUT2D eigenvalue weighted by molar-refractivity contribution is 5.94. The number of aromatic nitrogens is 3. The fourth-order valence-corrected chi connectivity index (χ4v) is 2.07. The summed E-state index contributed by atoms with van der Waals surface area (Å²) in [4.78, 5) is 11.6. The zero-order valence-electron chi connectivity index (χ0n) is 11.8. The number of phenols is 1. The number of benzene rings is 2. The second-order valence-electron chi connectivity index (χ2n) is 4.85. The average Bonchev–Trinajstić information content (AvgIpc) is 2.97. The van der Waals surface area contributed by atoms with Gasteiger partial charge in [-0.05, 0) is 31.2 Å². The molecule has 0 atom stereocenters. The normalized spacial score (nSPS) is 10.6. The molecule has 2 aromatic carbocycles. The fourth-order valence-electron chi connectivity index (χ4n) is 2.07. The quantitative estimate of drug-likeness (QED) is 0.440. The molecule has 3 rings (SSSR count). The minimum absolute atomic E-state index is 0.0608. The number of esters is 1. The summed E-state index contributed by atoms with van der Waals surface area (Å²) in [6, 6.07) is 10.00. The van der Waals surface area contributed by atoms with E-state index in [4.69, 9.17) is 4.74 Å². The summed E-state index contributed by atoms with van der Waals surface area (Å²) >= 11 is 0. The number of carbonyl (C=O) groups excluding carboxylic acids is 1. The maximum Gasteiger partial charge on any atom is 0.338 e. The van der Waals surface area contributed by atoms with E-state index in [1.54, 1.807) is 13.0 Å². The molecular weight excluding hydrogens is 282 g/mol. The number of ether oxygens (including phenoxy) is 1. The van der Waals surface area contributed by atoms with Crippen LogP contribution in [0.3, 0.4) is 0 Å². The number of para-hydroxylation sites is 1. The molecule has 0 fully saturated rings. The van der Waals surface area contributed by atoms with E-state index in [-0.39, 0.29) is 5.75 Å². The Labute approximate surface area is 126 Å². The van der Waals surface area contributed by atoms with Crippen LogP contribution in [0.5, 0.6) is 11.5 Å². The summed E-state index contributed by atoms with van der Waals surface area (Å²) in [5.74, 6) is -0.136. The summed E-state index contributed by atoms with van der Waals surface area (Å²) in [5.41, 5.74) is 2.80. The van der Waals surface area contributed by atoms with Crippen molar-refractivity contribution in [1.29, 1.82) is 0 Å². The van der Waals surface area contributed by atoms with Gasteiger partial charge in [-0.15, -0.1) is 0 Å². The summed E-state index contributed by atoms with van der Waals surface area (Å²) in [6.07, 6.45) is 0. The lowest BCUT2D eigenvalue weighted by atomic mass is 10.0. The Morgan fingerprint density at radius 2 is 2.05 bits per heavy atom. The first kappa shape index (κ1) is 13.8. The first-order valence-corrected chi connectivity index (χ1v) is 6.57. The number of nitrogens with zero attached hydrogens (tertiary/aromatic N) is 2. The number of aromatic hydroxyl groups is 1. The van der Waals surface area contributed by atoms with Crippen LogP contribution in [0.4, 0.5) is 0 Å². The van der Waals surface area contributed by atoms with Gasteiger partial charge < -0.3 is 9.84 Å². The molecule has 6 nitrogen and oxygen atoms in total. The maximum absolute atomic E-state index is 11.6. The topological polar surface area (TPSA) is 88.1 Å². The molecule has 6 heteroatoms. The van der Waals surface area contributed by atoms with E-state index in [0.29, 0.717) is 33.5 Å². The second kappa shape index (κ2) is 5.33. The Morgan fingerprint density at radius 3 is 2.82 bits per heavy atom. The van der Waals surface area contributed by atoms with Gasteiger partial charge in [-0.1, -0.05) is 18.7 Å². The number of fused-ring (bicyclic) bond motifs is 1. The SMILES string of the molecule is C=C(C)C(=O)Oc1ccc(O)c(-c2cccc3n[nH]nc23)c1. The van der Waals surface area contributed by atoms with Gasteiger partial charge in [0.05, 0.1) is 0 Å². The van der Waals surface area contributed by atoms with Gasteiger partial charge in [0.15, 0.2) is 0 Å². The van der Waals surface area contributed by atoms with Crippen molar-refractivity contribution in [3.8, 4) is 22.6 Å². The third-order valence-electron chi connectivity index (χ3n) is 3.16. The Hall–Kier alpha value is -3.15. The highest BCUT2D eigenvalue weighted by Gasteiger charge is 2.13. The molecule has 3 aromatic rings. The van der Waals surface area contributed by atoms with Gasteiger partial charge in [-0.25, -0.2) is 4.79 Å². The maximum atomic E-state index is 11.6. The van der Waals surface area contributed by atoms with E-state index in [9.17, 15) is 9.90 Å². The van der Waals surface area contributed by atoms with Crippen molar-refractivity contribution >= 4 is 17.0 Å². The van der Waals surface area contributed by atoms with Crippen LogP contribution in [-0.2, 0) is 4.79 Å². The third-order valence-corrected chi connectivity index (χ3v) is 3.16. The van der Waals surface area contributed by atoms with Crippen molar-refractivity contribution in [3.05, 3.63) is 48.6 Å². The van der Waals surface area contributed by atoms with Crippen LogP contribution in [0.25, 0.3) is 22.2 Å². The third kappa shape index (κ3) is 2.42. The lowest BCUT2D eigenvalue weighted by molar-refractivity contribution is -0.130. The number of hydrogen-bond donors (Lipinski definition) is 2. The first-order chi connectivity index (χ1) is 10.6. The van der Waals surface area contributed by atoms with Crippen LogP contribution in [0.1, 0.15) is 6.92 Å². The molecule has 0 aliphatic carbocycles. The number of rotatable bonds is 3. The van der Waals surface area contributed by atoms with Crippen LogP contribution in [0.2, 0.25) is 0 Å². The fraction of sp³-hybridized carbons (Fsp3) is 0.0625. The van der Waals surface area contributed by atoms with Crippen LogP contribution >= 0.6 is 0 Å². The van der Waals surface area contributed by atoms with Gasteiger partial charge in [0.1, 0.15) is 22.5 Å². The molecule has 1 aromatic heterocycles. The molecule has 0 bridgehead atoms. The number of carbonyl (C=O) groups is 1. The summed E-state index contributed by atoms with van der Waals surface area (Å²) in [6.45, 7) is 5.11. The molecule has 22 heavy (non-hydrogen) atoms. The van der Waals surface area contributed by atoms with Crippen LogP contribution in [0, 0.1) is 0 Å². The minimum Gasteiger partial charge on any atom is -0.507 e. The van der Waals surface area contributed by atoms with Crippen molar-refractivity contribution < 1.29 is 14.6 Å². The van der Waals surface area contributed by atoms with Crippen LogP contribution < -0.4 is 4.74 Å². The van der Waals surface area contributed by atoms with Crippen LogP contribution in [0.15, 0.2) is 48.6 Å². The minimum atomic E-state index is -0.517. The van der Waals surface area contributed by atoms with Crippen molar-refractivity contribution in [2.24, 2.45) is 0 Å². The number of hydrogen-bond acceptors (Lipinski definition) is 5. The lowest BCUT2D eigenvalue weighted by Crippen LogP contribution is -2.08. The molecular formula is C16H13N3O3. The molecule has 0 unspecified atom stereocenters. The standard InChI is InChI=1S/C16H13N3O3/c1-9(2)16(21)22-10-6-7-14(20)12(8-10)11-4-3-5-13-15(11)18-19-17-13/h3-8,20H,1H2,2H3,(H,17,18,19). The zero-order valence-corrected chi connectivity index (χ0v) is 11.8. The summed E-state index contributed by atoms with van der Waals surface area (Å²) in [5, 5.41) is 20.8. The number of nitrogens with one attached hydrogen (secondary N) is 1. The Morgan fingerprint density at radius 1 is 1.23 bits per heavy atom. The molecule has 2 N–H and O–H groups in total. The van der Waals surface area contributed by atoms with Crippen LogP contribution in [-0.4, -0.2) is 26.5 Å². The van der Waals surface area contributed by atoms with Gasteiger partial charge in [0, 0.05) is 16.7 Å². The Kier molecular flexibility index (Phi) is 3.34. The van der Waals surface area contributed by atoms with Crippen molar-refractivity contribution in [2.45, 2.75) is 6.92 Å². The zero-order chi connectivity index (χ0) is 15.7. The first-order valence-electron chi connectivity index (χ1n) is 6.57. The van der Waals surface area contributed by atoms with E-state index < -0.39 is 5.97 Å². The number of aromatic amines is 1. The molecule has 110 valence electrons.